The highest BCUT2D eigenvalue weighted by Crippen LogP contribution is 2.60. The van der Waals surface area contributed by atoms with Crippen molar-refractivity contribution in [1.29, 1.82) is 0 Å². The first-order valence-electron chi connectivity index (χ1n) is 20.9. The molecule has 58 heavy (non-hydrogen) atoms. The molecule has 2 aromatic heterocycles. The van der Waals surface area contributed by atoms with Gasteiger partial charge in [0.15, 0.2) is 11.4 Å². The molecule has 278 valence electrons. The summed E-state index contributed by atoms with van der Waals surface area (Å²) >= 11 is 0. The van der Waals surface area contributed by atoms with Gasteiger partial charge in [-0.05, 0) is 110 Å². The van der Waals surface area contributed by atoms with Gasteiger partial charge in [-0.3, -0.25) is 0 Å². The number of benzene rings is 7. The second-order valence-corrected chi connectivity index (χ2v) is 17.2. The smallest absolute Gasteiger partial charge is 0.180 e. The Balaban J connectivity index is 0.896. The topological polar surface area (TPSA) is 38.9 Å². The summed E-state index contributed by atoms with van der Waals surface area (Å²) in [5.74, 6) is 0.691. The van der Waals surface area contributed by atoms with Crippen molar-refractivity contribution in [3.8, 4) is 67.2 Å². The Labute approximate surface area is 339 Å². The van der Waals surface area contributed by atoms with Gasteiger partial charge in [0.05, 0.1) is 0 Å². The minimum absolute atomic E-state index is 0.0192. The van der Waals surface area contributed by atoms with Crippen LogP contribution in [0.15, 0.2) is 162 Å². The molecule has 1 spiro atoms. The number of para-hydroxylation sites is 1. The molecule has 1 saturated carbocycles. The van der Waals surface area contributed by atoms with Crippen LogP contribution in [0.25, 0.3) is 89.2 Å². The zero-order chi connectivity index (χ0) is 38.6. The summed E-state index contributed by atoms with van der Waals surface area (Å²) in [7, 11) is 0. The fourth-order valence-electron chi connectivity index (χ4n) is 10.7. The van der Waals surface area contributed by atoms with Gasteiger partial charge in [0.1, 0.15) is 16.8 Å². The van der Waals surface area contributed by atoms with Gasteiger partial charge in [0, 0.05) is 27.3 Å². The Hall–Kier alpha value is -6.58. The van der Waals surface area contributed by atoms with Crippen molar-refractivity contribution in [3.63, 3.8) is 0 Å². The fourth-order valence-corrected chi connectivity index (χ4v) is 10.7. The first-order chi connectivity index (χ1) is 28.5. The molecule has 3 heteroatoms. The minimum atomic E-state index is -0.0192. The number of rotatable bonds is 4. The number of hydrogen-bond donors (Lipinski definition) is 0. The number of aromatic nitrogens is 2. The van der Waals surface area contributed by atoms with Gasteiger partial charge in [-0.1, -0.05) is 161 Å². The van der Waals surface area contributed by atoms with Gasteiger partial charge in [-0.25, -0.2) is 9.97 Å². The van der Waals surface area contributed by atoms with E-state index in [2.05, 4.69) is 135 Å². The standard InChI is InChI=1S/C55H42N2O/c1-54(2)45-17-9-7-15-40(45)43-33-48-44(32-47(43)54)42-31-39(27-28-46(42)55(48)29-11-4-12-30-55)36-21-19-34(20-22-36)35-23-25-37(26-24-35)50-52-51(41-16-8-10-18-49(41)58-52)57-53(56-50)38-13-5-3-6-14-38/h3,5-10,13-28,31-33H,4,11-12,29-30H2,1-2H3. The normalized spacial score (nSPS) is 15.7. The summed E-state index contributed by atoms with van der Waals surface area (Å²) in [6, 6.07) is 57.7. The van der Waals surface area contributed by atoms with Gasteiger partial charge < -0.3 is 4.42 Å². The maximum absolute atomic E-state index is 6.40. The molecule has 3 aliphatic carbocycles. The van der Waals surface area contributed by atoms with Crippen molar-refractivity contribution >= 4 is 22.1 Å². The highest BCUT2D eigenvalue weighted by atomic mass is 16.3. The third kappa shape index (κ3) is 4.86. The van der Waals surface area contributed by atoms with Crippen LogP contribution in [0.4, 0.5) is 0 Å². The van der Waals surface area contributed by atoms with Gasteiger partial charge in [0.25, 0.3) is 0 Å². The Morgan fingerprint density at radius 3 is 1.83 bits per heavy atom. The average Bonchev–Trinajstić information content (AvgIpc) is 3.86. The molecule has 7 aromatic carbocycles. The van der Waals surface area contributed by atoms with E-state index in [1.54, 1.807) is 5.56 Å². The van der Waals surface area contributed by atoms with Crippen LogP contribution in [0.5, 0.6) is 0 Å². The third-order valence-corrected chi connectivity index (χ3v) is 13.7. The summed E-state index contributed by atoms with van der Waals surface area (Å²) in [5, 5.41) is 0.995. The molecule has 12 rings (SSSR count). The van der Waals surface area contributed by atoms with Crippen molar-refractivity contribution in [2.75, 3.05) is 0 Å². The molecule has 0 unspecified atom stereocenters. The predicted octanol–water partition coefficient (Wildman–Crippen LogP) is 14.6. The second-order valence-electron chi connectivity index (χ2n) is 17.2. The van der Waals surface area contributed by atoms with Crippen LogP contribution in [0, 0.1) is 0 Å². The van der Waals surface area contributed by atoms with Crippen LogP contribution in [-0.2, 0) is 10.8 Å². The van der Waals surface area contributed by atoms with Gasteiger partial charge in [-0.15, -0.1) is 0 Å². The Kier molecular flexibility index (Phi) is 7.21. The summed E-state index contributed by atoms with van der Waals surface area (Å²) < 4.78 is 6.40. The van der Waals surface area contributed by atoms with Gasteiger partial charge in [0.2, 0.25) is 0 Å². The van der Waals surface area contributed by atoms with Crippen LogP contribution in [-0.4, -0.2) is 9.97 Å². The number of hydrogen-bond acceptors (Lipinski definition) is 3. The average molecular weight is 747 g/mol. The highest BCUT2D eigenvalue weighted by Gasteiger charge is 2.46. The molecule has 0 radical (unpaired) electrons. The number of furan rings is 1. The van der Waals surface area contributed by atoms with Crippen LogP contribution in [0.1, 0.15) is 68.2 Å². The summed E-state index contributed by atoms with van der Waals surface area (Å²) in [6.45, 7) is 4.80. The highest BCUT2D eigenvalue weighted by molar-refractivity contribution is 6.07. The van der Waals surface area contributed by atoms with E-state index >= 15 is 0 Å². The lowest BCUT2D eigenvalue weighted by Crippen LogP contribution is -2.28. The quantitative estimate of drug-likeness (QED) is 0.180. The second kappa shape index (κ2) is 12.5. The van der Waals surface area contributed by atoms with Crippen molar-refractivity contribution in [2.24, 2.45) is 0 Å². The molecular weight excluding hydrogens is 705 g/mol. The van der Waals surface area contributed by atoms with E-state index in [1.807, 2.05) is 36.4 Å². The zero-order valence-corrected chi connectivity index (χ0v) is 32.8. The fraction of sp³-hybridized carbons (Fsp3) is 0.164. The SMILES string of the molecule is CC1(C)c2ccccc2-c2cc3c(cc21)-c1cc(-c2ccc(-c4ccc(-c5nc(-c6ccccc6)nc6c5oc5ccccc56)cc4)cc2)ccc1C31CCCCC1. The predicted molar refractivity (Wildman–Crippen MR) is 238 cm³/mol. The number of fused-ring (bicyclic) bond motifs is 11. The Morgan fingerprint density at radius 1 is 0.448 bits per heavy atom. The maximum Gasteiger partial charge on any atom is 0.180 e. The molecule has 0 atom stereocenters. The lowest BCUT2D eigenvalue weighted by Gasteiger charge is -2.36. The molecule has 0 saturated heterocycles. The summed E-state index contributed by atoms with van der Waals surface area (Å²) in [5.41, 5.74) is 21.8. The van der Waals surface area contributed by atoms with Crippen molar-refractivity contribution in [1.82, 2.24) is 9.97 Å². The molecule has 9 aromatic rings. The van der Waals surface area contributed by atoms with Crippen LogP contribution in [0.3, 0.4) is 0 Å². The molecule has 0 amide bonds. The van der Waals surface area contributed by atoms with E-state index in [9.17, 15) is 0 Å². The first kappa shape index (κ1) is 33.5. The number of nitrogens with zero attached hydrogens (tertiary/aromatic N) is 2. The first-order valence-corrected chi connectivity index (χ1v) is 20.9. The van der Waals surface area contributed by atoms with E-state index in [1.165, 1.54) is 87.7 Å². The third-order valence-electron chi connectivity index (χ3n) is 13.7. The van der Waals surface area contributed by atoms with E-state index in [4.69, 9.17) is 14.4 Å². The van der Waals surface area contributed by atoms with Crippen LogP contribution in [0.2, 0.25) is 0 Å². The van der Waals surface area contributed by atoms with Gasteiger partial charge >= 0.3 is 0 Å². The van der Waals surface area contributed by atoms with E-state index < -0.39 is 0 Å². The molecule has 0 bridgehead atoms. The lowest BCUT2D eigenvalue weighted by molar-refractivity contribution is 0.353. The van der Waals surface area contributed by atoms with Crippen molar-refractivity contribution in [2.45, 2.75) is 56.8 Å². The van der Waals surface area contributed by atoms with Crippen molar-refractivity contribution < 1.29 is 4.42 Å². The molecular formula is C55H42N2O. The van der Waals surface area contributed by atoms with Crippen LogP contribution >= 0.6 is 0 Å². The van der Waals surface area contributed by atoms with Crippen LogP contribution < -0.4 is 0 Å². The van der Waals surface area contributed by atoms with Crippen molar-refractivity contribution in [3.05, 3.63) is 180 Å². The maximum atomic E-state index is 6.40. The molecule has 0 N–H and O–H groups in total. The Bertz CT molecular complexity index is 3090. The monoisotopic (exact) mass is 746 g/mol. The molecule has 1 fully saturated rings. The lowest BCUT2D eigenvalue weighted by atomic mass is 9.67. The largest absolute Gasteiger partial charge is 0.452 e. The summed E-state index contributed by atoms with van der Waals surface area (Å²) in [6.07, 6.45) is 6.39. The van der Waals surface area contributed by atoms with E-state index in [-0.39, 0.29) is 10.8 Å². The zero-order valence-electron chi connectivity index (χ0n) is 32.8. The molecule has 3 aliphatic rings. The molecule has 0 aliphatic heterocycles. The van der Waals surface area contributed by atoms with E-state index in [0.29, 0.717) is 11.4 Å². The minimum Gasteiger partial charge on any atom is -0.452 e. The van der Waals surface area contributed by atoms with Gasteiger partial charge in [-0.2, -0.15) is 0 Å². The Morgan fingerprint density at radius 2 is 1.05 bits per heavy atom. The molecule has 3 nitrogen and oxygen atoms in total. The van der Waals surface area contributed by atoms with E-state index in [0.717, 1.165) is 38.9 Å². The summed E-state index contributed by atoms with van der Waals surface area (Å²) in [4.78, 5) is 10.1. The molecule has 2 heterocycles.